The van der Waals surface area contributed by atoms with Crippen LogP contribution >= 0.6 is 0 Å². The van der Waals surface area contributed by atoms with Crippen molar-refractivity contribution < 1.29 is 4.79 Å². The SMILES string of the molecule is CN(C)c1cccc(C(=O)N2CC(n3nc(-c4ccncc4)ccc3=O)C2)c1. The lowest BCUT2D eigenvalue weighted by Gasteiger charge is -2.39. The third-order valence-electron chi connectivity index (χ3n) is 4.91. The Bertz CT molecular complexity index is 1060. The fourth-order valence-corrected chi connectivity index (χ4v) is 3.24. The number of amides is 1. The average Bonchev–Trinajstić information content (AvgIpc) is 2.69. The first-order valence-electron chi connectivity index (χ1n) is 9.10. The third-order valence-corrected chi connectivity index (χ3v) is 4.91. The molecule has 1 amide bonds. The first kappa shape index (κ1) is 17.9. The van der Waals surface area contributed by atoms with Crippen molar-refractivity contribution in [3.8, 4) is 11.3 Å². The number of hydrogen-bond donors (Lipinski definition) is 0. The lowest BCUT2D eigenvalue weighted by atomic mass is 10.1. The van der Waals surface area contributed by atoms with Gasteiger partial charge in [-0.05, 0) is 36.4 Å². The summed E-state index contributed by atoms with van der Waals surface area (Å²) in [5.41, 5.74) is 3.08. The molecule has 3 aromatic rings. The Hall–Kier alpha value is -3.48. The van der Waals surface area contributed by atoms with Gasteiger partial charge in [0, 0.05) is 62.5 Å². The van der Waals surface area contributed by atoms with Crippen LogP contribution in [-0.4, -0.2) is 52.8 Å². The summed E-state index contributed by atoms with van der Waals surface area (Å²) >= 11 is 0. The summed E-state index contributed by atoms with van der Waals surface area (Å²) in [5.74, 6) is -0.0294. The number of hydrogen-bond acceptors (Lipinski definition) is 5. The van der Waals surface area contributed by atoms with Gasteiger partial charge in [-0.15, -0.1) is 0 Å². The Labute approximate surface area is 162 Å². The van der Waals surface area contributed by atoms with Gasteiger partial charge in [-0.1, -0.05) is 6.07 Å². The van der Waals surface area contributed by atoms with Crippen molar-refractivity contribution in [2.75, 3.05) is 32.1 Å². The molecular formula is C21H21N5O2. The fraction of sp³-hybridized carbons (Fsp3) is 0.238. The molecular weight excluding hydrogens is 354 g/mol. The van der Waals surface area contributed by atoms with Crippen LogP contribution in [0.2, 0.25) is 0 Å². The van der Waals surface area contributed by atoms with Crippen LogP contribution in [0.1, 0.15) is 16.4 Å². The maximum absolute atomic E-state index is 12.7. The van der Waals surface area contributed by atoms with Crippen molar-refractivity contribution in [3.05, 3.63) is 76.8 Å². The summed E-state index contributed by atoms with van der Waals surface area (Å²) in [6.07, 6.45) is 3.39. The predicted molar refractivity (Wildman–Crippen MR) is 107 cm³/mol. The molecule has 0 saturated carbocycles. The number of carbonyl (C=O) groups is 1. The Morgan fingerprint density at radius 3 is 2.54 bits per heavy atom. The lowest BCUT2D eigenvalue weighted by Crippen LogP contribution is -2.53. The largest absolute Gasteiger partial charge is 0.378 e. The third kappa shape index (κ3) is 3.38. The van der Waals surface area contributed by atoms with Crippen LogP contribution in [-0.2, 0) is 0 Å². The average molecular weight is 375 g/mol. The van der Waals surface area contributed by atoms with Crippen LogP contribution in [0, 0.1) is 0 Å². The summed E-state index contributed by atoms with van der Waals surface area (Å²) < 4.78 is 1.48. The summed E-state index contributed by atoms with van der Waals surface area (Å²) in [6.45, 7) is 0.940. The molecule has 142 valence electrons. The molecule has 7 nitrogen and oxygen atoms in total. The van der Waals surface area contributed by atoms with E-state index in [0.29, 0.717) is 24.3 Å². The number of nitrogens with zero attached hydrogens (tertiary/aromatic N) is 5. The molecule has 3 heterocycles. The molecule has 4 rings (SSSR count). The smallest absolute Gasteiger partial charge is 0.267 e. The molecule has 1 aromatic carbocycles. The highest BCUT2D eigenvalue weighted by Crippen LogP contribution is 2.24. The first-order valence-corrected chi connectivity index (χ1v) is 9.10. The quantitative estimate of drug-likeness (QED) is 0.698. The van der Waals surface area contributed by atoms with Crippen molar-refractivity contribution in [1.82, 2.24) is 19.7 Å². The number of pyridine rings is 1. The number of benzene rings is 1. The topological polar surface area (TPSA) is 71.3 Å². The van der Waals surface area contributed by atoms with Crippen molar-refractivity contribution in [1.29, 1.82) is 0 Å². The van der Waals surface area contributed by atoms with E-state index in [9.17, 15) is 9.59 Å². The Kier molecular flexibility index (Phi) is 4.65. The summed E-state index contributed by atoms with van der Waals surface area (Å²) in [4.78, 5) is 32.7. The van der Waals surface area contributed by atoms with Crippen molar-refractivity contribution >= 4 is 11.6 Å². The minimum atomic E-state index is -0.162. The van der Waals surface area contributed by atoms with Crippen molar-refractivity contribution in [2.45, 2.75) is 6.04 Å². The molecule has 0 unspecified atom stereocenters. The van der Waals surface area contributed by atoms with Gasteiger partial charge in [-0.25, -0.2) is 4.68 Å². The maximum atomic E-state index is 12.7. The van der Waals surface area contributed by atoms with Gasteiger partial charge >= 0.3 is 0 Å². The van der Waals surface area contributed by atoms with E-state index in [1.807, 2.05) is 55.4 Å². The monoisotopic (exact) mass is 375 g/mol. The molecule has 0 bridgehead atoms. The van der Waals surface area contributed by atoms with Crippen LogP contribution in [0.3, 0.4) is 0 Å². The van der Waals surface area contributed by atoms with Gasteiger partial charge in [0.1, 0.15) is 0 Å². The number of anilines is 1. The minimum absolute atomic E-state index is 0.0294. The van der Waals surface area contributed by atoms with Crippen LogP contribution < -0.4 is 10.5 Å². The van der Waals surface area contributed by atoms with E-state index in [1.165, 1.54) is 10.7 Å². The minimum Gasteiger partial charge on any atom is -0.378 e. The van der Waals surface area contributed by atoms with E-state index in [-0.39, 0.29) is 17.5 Å². The first-order chi connectivity index (χ1) is 13.5. The normalized spacial score (nSPS) is 13.9. The van der Waals surface area contributed by atoms with Gasteiger partial charge in [0.2, 0.25) is 0 Å². The van der Waals surface area contributed by atoms with Crippen molar-refractivity contribution in [2.24, 2.45) is 0 Å². The van der Waals surface area contributed by atoms with E-state index >= 15 is 0 Å². The summed E-state index contributed by atoms with van der Waals surface area (Å²) in [7, 11) is 3.88. The highest BCUT2D eigenvalue weighted by molar-refractivity contribution is 5.95. The van der Waals surface area contributed by atoms with E-state index in [2.05, 4.69) is 10.1 Å². The zero-order chi connectivity index (χ0) is 19.7. The standard InChI is InChI=1S/C21H21N5O2/c1-24(2)17-5-3-4-16(12-17)21(28)25-13-18(14-25)26-20(27)7-6-19(23-26)15-8-10-22-11-9-15/h3-12,18H,13-14H2,1-2H3. The van der Waals surface area contributed by atoms with E-state index < -0.39 is 0 Å². The second kappa shape index (κ2) is 7.26. The molecule has 0 radical (unpaired) electrons. The fourth-order valence-electron chi connectivity index (χ4n) is 3.24. The summed E-state index contributed by atoms with van der Waals surface area (Å²) in [5, 5.41) is 4.50. The summed E-state index contributed by atoms with van der Waals surface area (Å²) in [6, 6.07) is 14.4. The van der Waals surface area contributed by atoms with Crippen LogP contribution in [0.25, 0.3) is 11.3 Å². The Morgan fingerprint density at radius 2 is 1.82 bits per heavy atom. The van der Waals surface area contributed by atoms with E-state index in [4.69, 9.17) is 0 Å². The molecule has 0 N–H and O–H groups in total. The second-order valence-corrected chi connectivity index (χ2v) is 7.05. The van der Waals surface area contributed by atoms with Gasteiger partial charge < -0.3 is 9.80 Å². The molecule has 0 atom stereocenters. The van der Waals surface area contributed by atoms with Crippen LogP contribution in [0.4, 0.5) is 5.69 Å². The molecule has 0 aliphatic carbocycles. The zero-order valence-electron chi connectivity index (χ0n) is 15.8. The lowest BCUT2D eigenvalue weighted by molar-refractivity contribution is 0.0493. The van der Waals surface area contributed by atoms with Crippen molar-refractivity contribution in [3.63, 3.8) is 0 Å². The highest BCUT2D eigenvalue weighted by Gasteiger charge is 2.34. The van der Waals surface area contributed by atoms with E-state index in [0.717, 1.165) is 11.3 Å². The zero-order valence-corrected chi connectivity index (χ0v) is 15.8. The molecule has 1 aliphatic rings. The maximum Gasteiger partial charge on any atom is 0.267 e. The molecule has 0 spiro atoms. The Morgan fingerprint density at radius 1 is 1.07 bits per heavy atom. The highest BCUT2D eigenvalue weighted by atomic mass is 16.2. The molecule has 2 aromatic heterocycles. The van der Waals surface area contributed by atoms with Crippen LogP contribution in [0.15, 0.2) is 65.7 Å². The molecule has 28 heavy (non-hydrogen) atoms. The van der Waals surface area contributed by atoms with E-state index in [1.54, 1.807) is 23.4 Å². The number of carbonyl (C=O) groups excluding carboxylic acids is 1. The van der Waals surface area contributed by atoms with Crippen LogP contribution in [0.5, 0.6) is 0 Å². The van der Waals surface area contributed by atoms with Gasteiger partial charge in [-0.3, -0.25) is 14.6 Å². The van der Waals surface area contributed by atoms with Gasteiger partial charge in [-0.2, -0.15) is 5.10 Å². The molecule has 1 fully saturated rings. The molecule has 7 heteroatoms. The second-order valence-electron chi connectivity index (χ2n) is 7.05. The Balaban J connectivity index is 1.50. The van der Waals surface area contributed by atoms with Gasteiger partial charge in [0.25, 0.3) is 11.5 Å². The molecule has 1 saturated heterocycles. The predicted octanol–water partition coefficient (Wildman–Crippen LogP) is 2.07. The number of aromatic nitrogens is 3. The number of likely N-dealkylation sites (tertiary alicyclic amines) is 1. The number of rotatable bonds is 4. The molecule has 1 aliphatic heterocycles. The van der Waals surface area contributed by atoms with Gasteiger partial charge in [0.15, 0.2) is 0 Å². The van der Waals surface area contributed by atoms with Gasteiger partial charge in [0.05, 0.1) is 11.7 Å².